The predicted octanol–water partition coefficient (Wildman–Crippen LogP) is 2.20. The molecule has 0 bridgehead atoms. The van der Waals surface area contributed by atoms with Gasteiger partial charge < -0.3 is 5.11 Å². The van der Waals surface area contributed by atoms with Crippen LogP contribution in [0.2, 0.25) is 10.0 Å². The maximum absolute atomic E-state index is 10.6. The first-order valence-electron chi connectivity index (χ1n) is 6.15. The van der Waals surface area contributed by atoms with Crippen molar-refractivity contribution in [2.24, 2.45) is 0 Å². The molecule has 1 aromatic rings. The van der Waals surface area contributed by atoms with Crippen LogP contribution in [0.5, 0.6) is 0 Å². The molecule has 0 amide bonds. The first kappa shape index (κ1) is 14.6. The third-order valence-electron chi connectivity index (χ3n) is 3.27. The van der Waals surface area contributed by atoms with Crippen molar-refractivity contribution in [3.8, 4) is 0 Å². The normalized spacial score (nSPS) is 17.6. The van der Waals surface area contributed by atoms with Gasteiger partial charge in [-0.1, -0.05) is 29.3 Å². The minimum atomic E-state index is -0.775. The Hall–Kier alpha value is -0.810. The lowest BCUT2D eigenvalue weighted by atomic mass is 10.2. The van der Waals surface area contributed by atoms with Crippen molar-refractivity contribution < 1.29 is 9.90 Å². The van der Waals surface area contributed by atoms with E-state index in [1.54, 1.807) is 0 Å². The zero-order chi connectivity index (χ0) is 13.8. The number of carboxylic acids is 1. The van der Waals surface area contributed by atoms with E-state index in [4.69, 9.17) is 28.3 Å². The highest BCUT2D eigenvalue weighted by atomic mass is 35.5. The molecule has 0 spiro atoms. The molecule has 1 aromatic carbocycles. The Morgan fingerprint density at radius 2 is 1.63 bits per heavy atom. The topological polar surface area (TPSA) is 43.8 Å². The van der Waals surface area contributed by atoms with E-state index in [1.807, 2.05) is 23.1 Å². The SMILES string of the molecule is O=C(O)CN1CCN(Cc2c(Cl)cccc2Cl)CC1. The molecule has 1 aliphatic heterocycles. The van der Waals surface area contributed by atoms with Crippen LogP contribution < -0.4 is 0 Å². The van der Waals surface area contributed by atoms with Gasteiger partial charge in [0.25, 0.3) is 0 Å². The minimum Gasteiger partial charge on any atom is -0.480 e. The van der Waals surface area contributed by atoms with E-state index in [1.165, 1.54) is 0 Å². The monoisotopic (exact) mass is 302 g/mol. The number of carboxylic acid groups (broad SMARTS) is 1. The van der Waals surface area contributed by atoms with Gasteiger partial charge in [-0.2, -0.15) is 0 Å². The summed E-state index contributed by atoms with van der Waals surface area (Å²) >= 11 is 12.3. The van der Waals surface area contributed by atoms with Gasteiger partial charge in [-0.25, -0.2) is 0 Å². The molecular weight excluding hydrogens is 287 g/mol. The number of carbonyl (C=O) groups is 1. The molecule has 1 heterocycles. The Kier molecular flexibility index (Phi) is 5.05. The van der Waals surface area contributed by atoms with E-state index >= 15 is 0 Å². The third-order valence-corrected chi connectivity index (χ3v) is 3.98. The molecule has 0 unspecified atom stereocenters. The van der Waals surface area contributed by atoms with Crippen LogP contribution in [0, 0.1) is 0 Å². The summed E-state index contributed by atoms with van der Waals surface area (Å²) in [5, 5.41) is 10.1. The fourth-order valence-corrected chi connectivity index (χ4v) is 2.72. The summed E-state index contributed by atoms with van der Waals surface area (Å²) in [6.45, 7) is 3.99. The number of benzene rings is 1. The molecular formula is C13H16Cl2N2O2. The molecule has 1 fully saturated rings. The van der Waals surface area contributed by atoms with Crippen LogP contribution in [-0.4, -0.2) is 53.6 Å². The summed E-state index contributed by atoms with van der Waals surface area (Å²) < 4.78 is 0. The Bertz CT molecular complexity index is 440. The van der Waals surface area contributed by atoms with E-state index in [-0.39, 0.29) is 6.54 Å². The first-order valence-corrected chi connectivity index (χ1v) is 6.91. The summed E-state index contributed by atoms with van der Waals surface area (Å²) in [6, 6.07) is 5.51. The summed E-state index contributed by atoms with van der Waals surface area (Å²) in [5.41, 5.74) is 0.942. The van der Waals surface area contributed by atoms with Crippen LogP contribution in [0.25, 0.3) is 0 Å². The standard InChI is InChI=1S/C13H16Cl2N2O2/c14-11-2-1-3-12(15)10(11)8-16-4-6-17(7-5-16)9-13(18)19/h1-3H,4-9H2,(H,18,19). The van der Waals surface area contributed by atoms with Gasteiger partial charge in [0, 0.05) is 48.3 Å². The van der Waals surface area contributed by atoms with Gasteiger partial charge in [-0.05, 0) is 12.1 Å². The van der Waals surface area contributed by atoms with E-state index < -0.39 is 5.97 Å². The number of hydrogen-bond donors (Lipinski definition) is 1. The molecule has 0 atom stereocenters. The van der Waals surface area contributed by atoms with E-state index in [9.17, 15) is 4.79 Å². The molecule has 1 N–H and O–H groups in total. The van der Waals surface area contributed by atoms with Crippen molar-refractivity contribution in [3.05, 3.63) is 33.8 Å². The van der Waals surface area contributed by atoms with Gasteiger partial charge in [-0.15, -0.1) is 0 Å². The fraction of sp³-hybridized carbons (Fsp3) is 0.462. The summed E-state index contributed by atoms with van der Waals surface area (Å²) in [5.74, 6) is -0.775. The first-order chi connectivity index (χ1) is 9.06. The smallest absolute Gasteiger partial charge is 0.317 e. The zero-order valence-electron chi connectivity index (χ0n) is 10.5. The molecule has 0 aliphatic carbocycles. The molecule has 0 aromatic heterocycles. The Labute approximate surface area is 122 Å². The van der Waals surface area contributed by atoms with Crippen molar-refractivity contribution in [1.29, 1.82) is 0 Å². The molecule has 19 heavy (non-hydrogen) atoms. The fourth-order valence-electron chi connectivity index (χ4n) is 2.20. The minimum absolute atomic E-state index is 0.112. The predicted molar refractivity (Wildman–Crippen MR) is 75.8 cm³/mol. The highest BCUT2D eigenvalue weighted by molar-refractivity contribution is 6.35. The highest BCUT2D eigenvalue weighted by Crippen LogP contribution is 2.25. The third kappa shape index (κ3) is 4.08. The average Bonchev–Trinajstić information content (AvgIpc) is 2.35. The molecule has 1 aliphatic rings. The second-order valence-electron chi connectivity index (χ2n) is 4.65. The zero-order valence-corrected chi connectivity index (χ0v) is 12.0. The van der Waals surface area contributed by atoms with Crippen molar-refractivity contribution in [2.45, 2.75) is 6.54 Å². The van der Waals surface area contributed by atoms with Gasteiger partial charge in [0.05, 0.1) is 6.54 Å². The van der Waals surface area contributed by atoms with Gasteiger partial charge in [0.2, 0.25) is 0 Å². The Morgan fingerprint density at radius 3 is 2.16 bits per heavy atom. The lowest BCUT2D eigenvalue weighted by molar-refractivity contribution is -0.138. The van der Waals surface area contributed by atoms with Crippen LogP contribution >= 0.6 is 23.2 Å². The van der Waals surface area contributed by atoms with Crippen LogP contribution in [0.4, 0.5) is 0 Å². The van der Waals surface area contributed by atoms with Crippen LogP contribution in [0.3, 0.4) is 0 Å². The van der Waals surface area contributed by atoms with Gasteiger partial charge in [0.15, 0.2) is 0 Å². The largest absolute Gasteiger partial charge is 0.480 e. The number of piperazine rings is 1. The molecule has 104 valence electrons. The maximum Gasteiger partial charge on any atom is 0.317 e. The summed E-state index contributed by atoms with van der Waals surface area (Å²) in [6.07, 6.45) is 0. The van der Waals surface area contributed by atoms with Crippen LogP contribution in [-0.2, 0) is 11.3 Å². The summed E-state index contributed by atoms with van der Waals surface area (Å²) in [7, 11) is 0. The Morgan fingerprint density at radius 1 is 1.11 bits per heavy atom. The lowest BCUT2D eigenvalue weighted by Crippen LogP contribution is -2.47. The second-order valence-corrected chi connectivity index (χ2v) is 5.46. The highest BCUT2D eigenvalue weighted by Gasteiger charge is 2.20. The number of nitrogens with zero attached hydrogens (tertiary/aromatic N) is 2. The average molecular weight is 303 g/mol. The lowest BCUT2D eigenvalue weighted by Gasteiger charge is -2.34. The molecule has 0 radical (unpaired) electrons. The van der Waals surface area contributed by atoms with Crippen molar-refractivity contribution >= 4 is 29.2 Å². The molecule has 0 saturated carbocycles. The van der Waals surface area contributed by atoms with Gasteiger partial charge in [0.1, 0.15) is 0 Å². The number of rotatable bonds is 4. The Balaban J connectivity index is 1.91. The molecule has 4 nitrogen and oxygen atoms in total. The molecule has 2 rings (SSSR count). The van der Waals surface area contributed by atoms with Gasteiger partial charge in [-0.3, -0.25) is 14.6 Å². The van der Waals surface area contributed by atoms with Gasteiger partial charge >= 0.3 is 5.97 Å². The second kappa shape index (κ2) is 6.57. The van der Waals surface area contributed by atoms with Crippen LogP contribution in [0.1, 0.15) is 5.56 Å². The number of halogens is 2. The van der Waals surface area contributed by atoms with Crippen LogP contribution in [0.15, 0.2) is 18.2 Å². The van der Waals surface area contributed by atoms with E-state index in [0.29, 0.717) is 16.6 Å². The maximum atomic E-state index is 10.6. The van der Waals surface area contributed by atoms with E-state index in [2.05, 4.69) is 4.90 Å². The van der Waals surface area contributed by atoms with E-state index in [0.717, 1.165) is 31.7 Å². The number of hydrogen-bond acceptors (Lipinski definition) is 3. The quantitative estimate of drug-likeness (QED) is 0.926. The van der Waals surface area contributed by atoms with Crippen molar-refractivity contribution in [3.63, 3.8) is 0 Å². The van der Waals surface area contributed by atoms with Crippen molar-refractivity contribution in [2.75, 3.05) is 32.7 Å². The molecule has 6 heteroatoms. The summed E-state index contributed by atoms with van der Waals surface area (Å²) in [4.78, 5) is 14.8. The number of aliphatic carboxylic acids is 1. The molecule has 1 saturated heterocycles. The van der Waals surface area contributed by atoms with Crippen molar-refractivity contribution in [1.82, 2.24) is 9.80 Å².